The van der Waals surface area contributed by atoms with Gasteiger partial charge in [0.25, 0.3) is 0 Å². The van der Waals surface area contributed by atoms with Gasteiger partial charge in [0.15, 0.2) is 0 Å². The monoisotopic (exact) mass is 357 g/mol. The number of benzene rings is 1. The van der Waals surface area contributed by atoms with Gasteiger partial charge in [0.2, 0.25) is 5.91 Å². The maximum Gasteiger partial charge on any atom is 0.322 e. The van der Waals surface area contributed by atoms with E-state index in [-0.39, 0.29) is 6.54 Å². The SMILES string of the molecule is CN(Cc1ccc(Br)cc1)C(=O)NCC(=O)NCC(=O)O. The van der Waals surface area contributed by atoms with E-state index in [0.717, 1.165) is 10.0 Å². The molecule has 0 bridgehead atoms. The minimum atomic E-state index is -1.14. The van der Waals surface area contributed by atoms with Crippen LogP contribution in [0.4, 0.5) is 4.79 Å². The molecule has 0 atom stereocenters. The van der Waals surface area contributed by atoms with Crippen LogP contribution in [0.2, 0.25) is 0 Å². The zero-order chi connectivity index (χ0) is 15.8. The first-order chi connectivity index (χ1) is 9.88. The van der Waals surface area contributed by atoms with E-state index in [1.54, 1.807) is 7.05 Å². The maximum atomic E-state index is 11.8. The Bertz CT molecular complexity index is 519. The molecule has 21 heavy (non-hydrogen) atoms. The molecule has 1 aromatic carbocycles. The molecule has 0 aliphatic carbocycles. The number of halogens is 1. The summed E-state index contributed by atoms with van der Waals surface area (Å²) in [6, 6.07) is 7.10. The Labute approximate surface area is 130 Å². The third-order valence-corrected chi connectivity index (χ3v) is 3.05. The Balaban J connectivity index is 2.35. The smallest absolute Gasteiger partial charge is 0.322 e. The van der Waals surface area contributed by atoms with Crippen LogP contribution < -0.4 is 10.6 Å². The fourth-order valence-corrected chi connectivity index (χ4v) is 1.73. The van der Waals surface area contributed by atoms with Crippen LogP contribution in [0.1, 0.15) is 5.56 Å². The lowest BCUT2D eigenvalue weighted by Crippen LogP contribution is -2.43. The largest absolute Gasteiger partial charge is 0.480 e. The zero-order valence-corrected chi connectivity index (χ0v) is 13.0. The van der Waals surface area contributed by atoms with Crippen molar-refractivity contribution >= 4 is 33.8 Å². The Morgan fingerprint density at radius 3 is 2.33 bits per heavy atom. The molecule has 0 aromatic heterocycles. The highest BCUT2D eigenvalue weighted by molar-refractivity contribution is 9.10. The quantitative estimate of drug-likeness (QED) is 0.700. The fourth-order valence-electron chi connectivity index (χ4n) is 1.46. The van der Waals surface area contributed by atoms with E-state index in [2.05, 4.69) is 26.6 Å². The number of carboxylic acids is 1. The van der Waals surface area contributed by atoms with Crippen molar-refractivity contribution in [3.63, 3.8) is 0 Å². The molecule has 3 N–H and O–H groups in total. The molecule has 0 aliphatic heterocycles. The first kappa shape index (κ1) is 17.0. The van der Waals surface area contributed by atoms with E-state index in [0.29, 0.717) is 6.54 Å². The number of nitrogens with zero attached hydrogens (tertiary/aromatic N) is 1. The summed E-state index contributed by atoms with van der Waals surface area (Å²) in [7, 11) is 1.60. The number of nitrogens with one attached hydrogen (secondary N) is 2. The summed E-state index contributed by atoms with van der Waals surface area (Å²) in [5.74, 6) is -1.69. The average molecular weight is 358 g/mol. The minimum absolute atomic E-state index is 0.267. The topological polar surface area (TPSA) is 98.7 Å². The summed E-state index contributed by atoms with van der Waals surface area (Å²) < 4.78 is 0.952. The van der Waals surface area contributed by atoms with Gasteiger partial charge in [-0.15, -0.1) is 0 Å². The van der Waals surface area contributed by atoms with Crippen molar-refractivity contribution in [1.82, 2.24) is 15.5 Å². The van der Waals surface area contributed by atoms with Crippen LogP contribution in [0, 0.1) is 0 Å². The van der Waals surface area contributed by atoms with E-state index in [9.17, 15) is 14.4 Å². The van der Waals surface area contributed by atoms with Gasteiger partial charge in [-0.1, -0.05) is 28.1 Å². The summed E-state index contributed by atoms with van der Waals surface area (Å²) in [5, 5.41) is 13.0. The van der Waals surface area contributed by atoms with Crippen molar-refractivity contribution in [3.05, 3.63) is 34.3 Å². The van der Waals surface area contributed by atoms with Crippen molar-refractivity contribution in [2.24, 2.45) is 0 Å². The van der Waals surface area contributed by atoms with Gasteiger partial charge in [0, 0.05) is 18.1 Å². The standard InChI is InChI=1S/C13H16BrN3O4/c1-17(8-9-2-4-10(14)5-3-9)13(21)16-6-11(18)15-7-12(19)20/h2-5H,6-8H2,1H3,(H,15,18)(H,16,21)(H,19,20). The lowest BCUT2D eigenvalue weighted by Gasteiger charge is -2.18. The Morgan fingerprint density at radius 2 is 1.76 bits per heavy atom. The first-order valence-corrected chi connectivity index (χ1v) is 6.89. The van der Waals surface area contributed by atoms with Gasteiger partial charge in [0.05, 0.1) is 6.54 Å². The highest BCUT2D eigenvalue weighted by Crippen LogP contribution is 2.11. The number of carboxylic acid groups (broad SMARTS) is 1. The summed E-state index contributed by atoms with van der Waals surface area (Å²) >= 11 is 3.33. The predicted molar refractivity (Wildman–Crippen MR) is 79.7 cm³/mol. The summed E-state index contributed by atoms with van der Waals surface area (Å²) in [6.45, 7) is -0.337. The number of rotatable bonds is 6. The van der Waals surface area contributed by atoms with Crippen LogP contribution in [0.25, 0.3) is 0 Å². The lowest BCUT2D eigenvalue weighted by atomic mass is 10.2. The van der Waals surface area contributed by atoms with Gasteiger partial charge < -0.3 is 20.6 Å². The second-order valence-electron chi connectivity index (χ2n) is 4.31. The normalized spacial score (nSPS) is 9.81. The van der Waals surface area contributed by atoms with Gasteiger partial charge in [-0.3, -0.25) is 9.59 Å². The first-order valence-electron chi connectivity index (χ1n) is 6.10. The molecule has 1 rings (SSSR count). The van der Waals surface area contributed by atoms with E-state index >= 15 is 0 Å². The van der Waals surface area contributed by atoms with Gasteiger partial charge >= 0.3 is 12.0 Å². The van der Waals surface area contributed by atoms with Crippen molar-refractivity contribution in [2.45, 2.75) is 6.54 Å². The highest BCUT2D eigenvalue weighted by Gasteiger charge is 2.11. The molecule has 0 aliphatic rings. The van der Waals surface area contributed by atoms with E-state index in [1.165, 1.54) is 4.90 Å². The van der Waals surface area contributed by atoms with Crippen LogP contribution in [0.3, 0.4) is 0 Å². The molecular weight excluding hydrogens is 342 g/mol. The van der Waals surface area contributed by atoms with Crippen molar-refractivity contribution in [1.29, 1.82) is 0 Å². The summed E-state index contributed by atoms with van der Waals surface area (Å²) in [6.07, 6.45) is 0. The van der Waals surface area contributed by atoms with Crippen LogP contribution in [-0.4, -0.2) is 48.1 Å². The van der Waals surface area contributed by atoms with Crippen LogP contribution in [0.15, 0.2) is 28.7 Å². The number of hydrogen-bond acceptors (Lipinski definition) is 3. The second kappa shape index (κ2) is 8.25. The molecule has 114 valence electrons. The highest BCUT2D eigenvalue weighted by atomic mass is 79.9. The van der Waals surface area contributed by atoms with E-state index in [1.807, 2.05) is 24.3 Å². The molecule has 0 spiro atoms. The maximum absolute atomic E-state index is 11.8. The number of hydrogen-bond donors (Lipinski definition) is 3. The average Bonchev–Trinajstić information content (AvgIpc) is 2.44. The third-order valence-electron chi connectivity index (χ3n) is 2.52. The predicted octanol–water partition coefficient (Wildman–Crippen LogP) is 0.791. The zero-order valence-electron chi connectivity index (χ0n) is 11.4. The number of carbonyl (C=O) groups is 3. The van der Waals surface area contributed by atoms with Crippen molar-refractivity contribution < 1.29 is 19.5 Å². The number of amides is 3. The number of carbonyl (C=O) groups excluding carboxylic acids is 2. The molecule has 0 heterocycles. The van der Waals surface area contributed by atoms with Crippen LogP contribution in [-0.2, 0) is 16.1 Å². The Morgan fingerprint density at radius 1 is 1.14 bits per heavy atom. The van der Waals surface area contributed by atoms with Gasteiger partial charge in [-0.05, 0) is 17.7 Å². The molecule has 3 amide bonds. The molecule has 0 saturated carbocycles. The molecule has 0 unspecified atom stereocenters. The van der Waals surface area contributed by atoms with Crippen molar-refractivity contribution in [2.75, 3.05) is 20.1 Å². The molecular formula is C13H16BrN3O4. The molecule has 0 saturated heterocycles. The lowest BCUT2D eigenvalue weighted by molar-refractivity contribution is -0.137. The minimum Gasteiger partial charge on any atom is -0.480 e. The Hall–Kier alpha value is -2.09. The van der Waals surface area contributed by atoms with Gasteiger partial charge in [-0.2, -0.15) is 0 Å². The molecule has 8 heteroatoms. The third kappa shape index (κ3) is 6.75. The molecule has 0 radical (unpaired) electrons. The molecule has 0 fully saturated rings. The summed E-state index contributed by atoms with van der Waals surface area (Å²) in [4.78, 5) is 34.7. The Kier molecular flexibility index (Phi) is 6.67. The molecule has 1 aromatic rings. The number of urea groups is 1. The van der Waals surface area contributed by atoms with Gasteiger partial charge in [-0.25, -0.2) is 4.79 Å². The van der Waals surface area contributed by atoms with Crippen LogP contribution in [0.5, 0.6) is 0 Å². The molecule has 7 nitrogen and oxygen atoms in total. The van der Waals surface area contributed by atoms with Gasteiger partial charge in [0.1, 0.15) is 6.54 Å². The van der Waals surface area contributed by atoms with Crippen molar-refractivity contribution in [3.8, 4) is 0 Å². The second-order valence-corrected chi connectivity index (χ2v) is 5.23. The van der Waals surface area contributed by atoms with E-state index in [4.69, 9.17) is 5.11 Å². The number of aliphatic carboxylic acids is 1. The summed E-state index contributed by atoms with van der Waals surface area (Å²) in [5.41, 5.74) is 0.950. The fraction of sp³-hybridized carbons (Fsp3) is 0.308. The van der Waals surface area contributed by atoms with E-state index < -0.39 is 24.5 Å². The van der Waals surface area contributed by atoms with Crippen LogP contribution >= 0.6 is 15.9 Å².